The molecule has 19 heavy (non-hydrogen) atoms. The zero-order valence-electron chi connectivity index (χ0n) is 11.4. The van der Waals surface area contributed by atoms with Crippen LogP contribution in [0.1, 0.15) is 31.7 Å². The van der Waals surface area contributed by atoms with E-state index in [0.717, 1.165) is 12.0 Å². The quantitative estimate of drug-likeness (QED) is 0.570. The molecule has 4 nitrogen and oxygen atoms in total. The number of aryl methyl sites for hydroxylation is 1. The highest BCUT2D eigenvalue weighted by Gasteiger charge is 2.15. The minimum absolute atomic E-state index is 0.137. The van der Waals surface area contributed by atoms with E-state index >= 15 is 0 Å². The predicted molar refractivity (Wildman–Crippen MR) is 73.7 cm³/mol. The average Bonchev–Trinajstić information content (AvgIpc) is 2.33. The number of rotatable bonds is 7. The molecule has 0 heterocycles. The van der Waals surface area contributed by atoms with Crippen LogP contribution >= 0.6 is 0 Å². The van der Waals surface area contributed by atoms with E-state index in [1.165, 1.54) is 6.92 Å². The zero-order valence-corrected chi connectivity index (χ0v) is 12.2. The molecule has 0 aliphatic rings. The van der Waals surface area contributed by atoms with E-state index in [4.69, 9.17) is 4.74 Å². The second-order valence-corrected chi connectivity index (χ2v) is 6.56. The van der Waals surface area contributed by atoms with Crippen LogP contribution < -0.4 is 0 Å². The standard InChI is InChI=1S/C14H20O4S/c1-12-8-4-5-9-14(12)19(16,17)11-7-3-6-10-18-13(2)15/h4-5,8-9H,3,6-7,10-11H2,1-2H3. The van der Waals surface area contributed by atoms with E-state index < -0.39 is 9.84 Å². The third kappa shape index (κ3) is 5.42. The van der Waals surface area contributed by atoms with Gasteiger partial charge in [-0.3, -0.25) is 4.79 Å². The van der Waals surface area contributed by atoms with E-state index in [1.807, 2.05) is 6.07 Å². The molecule has 1 aromatic carbocycles. The third-order valence-corrected chi connectivity index (χ3v) is 4.75. The second-order valence-electron chi connectivity index (χ2n) is 4.49. The molecule has 0 saturated carbocycles. The van der Waals surface area contributed by atoms with Crippen LogP contribution in [0.5, 0.6) is 0 Å². The van der Waals surface area contributed by atoms with Gasteiger partial charge in [0.05, 0.1) is 17.3 Å². The average molecular weight is 284 g/mol. The Kier molecular flexibility index (Phi) is 6.02. The number of esters is 1. The molecule has 0 bridgehead atoms. The maximum atomic E-state index is 12.1. The summed E-state index contributed by atoms with van der Waals surface area (Å²) in [6.07, 6.45) is 2.01. The third-order valence-electron chi connectivity index (χ3n) is 2.79. The van der Waals surface area contributed by atoms with Gasteiger partial charge in [-0.15, -0.1) is 0 Å². The Morgan fingerprint density at radius 1 is 1.16 bits per heavy atom. The summed E-state index contributed by atoms with van der Waals surface area (Å²) in [6.45, 7) is 3.52. The molecule has 0 fully saturated rings. The van der Waals surface area contributed by atoms with Gasteiger partial charge >= 0.3 is 5.97 Å². The smallest absolute Gasteiger partial charge is 0.302 e. The van der Waals surface area contributed by atoms with Crippen molar-refractivity contribution in [2.24, 2.45) is 0 Å². The number of unbranched alkanes of at least 4 members (excludes halogenated alkanes) is 2. The van der Waals surface area contributed by atoms with Crippen molar-refractivity contribution in [2.45, 2.75) is 38.0 Å². The Hall–Kier alpha value is -1.36. The number of hydrogen-bond donors (Lipinski definition) is 0. The first kappa shape index (κ1) is 15.7. The van der Waals surface area contributed by atoms with Gasteiger partial charge in [0, 0.05) is 6.92 Å². The molecule has 0 aliphatic carbocycles. The van der Waals surface area contributed by atoms with Crippen molar-refractivity contribution in [1.29, 1.82) is 0 Å². The Morgan fingerprint density at radius 2 is 1.84 bits per heavy atom. The second kappa shape index (κ2) is 7.28. The van der Waals surface area contributed by atoms with E-state index in [2.05, 4.69) is 0 Å². The van der Waals surface area contributed by atoms with Crippen molar-refractivity contribution < 1.29 is 17.9 Å². The van der Waals surface area contributed by atoms with Gasteiger partial charge in [-0.25, -0.2) is 8.42 Å². The van der Waals surface area contributed by atoms with E-state index in [-0.39, 0.29) is 11.7 Å². The van der Waals surface area contributed by atoms with Crippen molar-refractivity contribution in [1.82, 2.24) is 0 Å². The highest BCUT2D eigenvalue weighted by Crippen LogP contribution is 2.17. The fourth-order valence-corrected chi connectivity index (χ4v) is 3.45. The maximum Gasteiger partial charge on any atom is 0.302 e. The maximum absolute atomic E-state index is 12.1. The molecule has 5 heteroatoms. The van der Waals surface area contributed by atoms with Crippen LogP contribution in [0.3, 0.4) is 0 Å². The van der Waals surface area contributed by atoms with Crippen molar-refractivity contribution in [3.05, 3.63) is 29.8 Å². The predicted octanol–water partition coefficient (Wildman–Crippen LogP) is 2.50. The molecule has 0 aromatic heterocycles. The lowest BCUT2D eigenvalue weighted by Gasteiger charge is -2.07. The number of hydrogen-bond acceptors (Lipinski definition) is 4. The molecule has 0 unspecified atom stereocenters. The van der Waals surface area contributed by atoms with Gasteiger partial charge in [0.25, 0.3) is 0 Å². The van der Waals surface area contributed by atoms with Crippen LogP contribution in [0.4, 0.5) is 0 Å². The number of carbonyl (C=O) groups is 1. The van der Waals surface area contributed by atoms with Gasteiger partial charge in [-0.1, -0.05) is 18.2 Å². The summed E-state index contributed by atoms with van der Waals surface area (Å²) >= 11 is 0. The van der Waals surface area contributed by atoms with E-state index in [9.17, 15) is 13.2 Å². The lowest BCUT2D eigenvalue weighted by molar-refractivity contribution is -0.141. The first-order valence-corrected chi connectivity index (χ1v) is 8.00. The summed E-state index contributed by atoms with van der Waals surface area (Å²) in [5.74, 6) is -0.162. The summed E-state index contributed by atoms with van der Waals surface area (Å²) < 4.78 is 29.0. The largest absolute Gasteiger partial charge is 0.466 e. The van der Waals surface area contributed by atoms with Gasteiger partial charge < -0.3 is 4.74 Å². The van der Waals surface area contributed by atoms with Crippen molar-refractivity contribution in [3.63, 3.8) is 0 Å². The minimum atomic E-state index is -3.20. The zero-order chi connectivity index (χ0) is 14.3. The molecular weight excluding hydrogens is 264 g/mol. The first-order valence-electron chi connectivity index (χ1n) is 6.35. The molecule has 0 aliphatic heterocycles. The Morgan fingerprint density at radius 3 is 2.47 bits per heavy atom. The molecule has 1 aromatic rings. The van der Waals surface area contributed by atoms with Crippen molar-refractivity contribution in [2.75, 3.05) is 12.4 Å². The van der Waals surface area contributed by atoms with Gasteiger partial charge in [-0.2, -0.15) is 0 Å². The number of sulfone groups is 1. The SMILES string of the molecule is CC(=O)OCCCCCS(=O)(=O)c1ccccc1C. The number of carbonyl (C=O) groups excluding carboxylic acids is 1. The van der Waals surface area contributed by atoms with Crippen LogP contribution in [0.15, 0.2) is 29.2 Å². The summed E-state index contributed by atoms with van der Waals surface area (Å²) in [5.41, 5.74) is 0.780. The fraction of sp³-hybridized carbons (Fsp3) is 0.500. The van der Waals surface area contributed by atoms with Crippen LogP contribution in [0, 0.1) is 6.92 Å². The lowest BCUT2D eigenvalue weighted by atomic mass is 10.2. The Labute approximate surface area is 114 Å². The number of benzene rings is 1. The highest BCUT2D eigenvalue weighted by molar-refractivity contribution is 7.91. The molecular formula is C14H20O4S. The Balaban J connectivity index is 2.40. The first-order chi connectivity index (χ1) is 8.93. The van der Waals surface area contributed by atoms with E-state index in [1.54, 1.807) is 25.1 Å². The summed E-state index contributed by atoms with van der Waals surface area (Å²) in [6, 6.07) is 7.01. The monoisotopic (exact) mass is 284 g/mol. The lowest BCUT2D eigenvalue weighted by Crippen LogP contribution is -2.09. The molecule has 1 rings (SSSR count). The van der Waals surface area contributed by atoms with Crippen molar-refractivity contribution in [3.8, 4) is 0 Å². The van der Waals surface area contributed by atoms with Crippen LogP contribution in [-0.4, -0.2) is 26.7 Å². The number of ether oxygens (including phenoxy) is 1. The highest BCUT2D eigenvalue weighted by atomic mass is 32.2. The normalized spacial score (nSPS) is 11.3. The molecule has 0 amide bonds. The Bertz CT molecular complexity index is 520. The van der Waals surface area contributed by atoms with Gasteiger partial charge in [0.1, 0.15) is 0 Å². The summed E-state index contributed by atoms with van der Waals surface area (Å²) in [5, 5.41) is 0. The molecule has 0 N–H and O–H groups in total. The van der Waals surface area contributed by atoms with E-state index in [0.29, 0.717) is 24.3 Å². The van der Waals surface area contributed by atoms with Gasteiger partial charge in [0.2, 0.25) is 0 Å². The van der Waals surface area contributed by atoms with Crippen LogP contribution in [0.25, 0.3) is 0 Å². The summed E-state index contributed by atoms with van der Waals surface area (Å²) in [4.78, 5) is 11.0. The van der Waals surface area contributed by atoms with Crippen LogP contribution in [0.2, 0.25) is 0 Å². The van der Waals surface area contributed by atoms with Crippen LogP contribution in [-0.2, 0) is 19.4 Å². The van der Waals surface area contributed by atoms with Crippen molar-refractivity contribution >= 4 is 15.8 Å². The fourth-order valence-electron chi connectivity index (χ4n) is 1.80. The molecule has 0 saturated heterocycles. The molecule has 0 atom stereocenters. The minimum Gasteiger partial charge on any atom is -0.466 e. The molecule has 0 radical (unpaired) electrons. The molecule has 106 valence electrons. The summed E-state index contributed by atoms with van der Waals surface area (Å²) in [7, 11) is -3.20. The topological polar surface area (TPSA) is 60.4 Å². The molecule has 0 spiro atoms. The van der Waals surface area contributed by atoms with Gasteiger partial charge in [-0.05, 0) is 37.8 Å². The van der Waals surface area contributed by atoms with Gasteiger partial charge in [0.15, 0.2) is 9.84 Å².